The van der Waals surface area contributed by atoms with Crippen LogP contribution in [0.15, 0.2) is 30.3 Å². The Kier molecular flexibility index (Phi) is 5.00. The van der Waals surface area contributed by atoms with Crippen molar-refractivity contribution in [3.8, 4) is 0 Å². The summed E-state index contributed by atoms with van der Waals surface area (Å²) >= 11 is 0. The number of hydrogen-bond acceptors (Lipinski definition) is 1. The van der Waals surface area contributed by atoms with Gasteiger partial charge in [-0.2, -0.15) is 0 Å². The molecule has 0 heterocycles. The third kappa shape index (κ3) is 2.84. The van der Waals surface area contributed by atoms with Crippen LogP contribution in [0.25, 0.3) is 0 Å². The quantitative estimate of drug-likeness (QED) is 0.468. The molecule has 1 rings (SSSR count). The molecule has 0 fully saturated rings. The molecule has 10 heavy (non-hydrogen) atoms. The van der Waals surface area contributed by atoms with Crippen LogP contribution in [0, 0.1) is 0 Å². The van der Waals surface area contributed by atoms with Crippen LogP contribution in [0.2, 0.25) is 0 Å². The average molecular weight is 168 g/mol. The second kappa shape index (κ2) is 4.91. The summed E-state index contributed by atoms with van der Waals surface area (Å²) < 4.78 is 10.4. The summed E-state index contributed by atoms with van der Waals surface area (Å²) in [6.45, 7) is 0. The molecular formula is C6H9MgO2P. The third-order valence-corrected chi connectivity index (χ3v) is 1.85. The van der Waals surface area contributed by atoms with Gasteiger partial charge in [0.15, 0.2) is 0 Å². The van der Waals surface area contributed by atoms with Gasteiger partial charge >= 0.3 is 23.1 Å². The minimum absolute atomic E-state index is 0. The molecule has 0 aliphatic rings. The van der Waals surface area contributed by atoms with Gasteiger partial charge in [-0.1, -0.05) is 18.2 Å². The van der Waals surface area contributed by atoms with E-state index >= 15 is 0 Å². The van der Waals surface area contributed by atoms with E-state index in [1.165, 1.54) is 0 Å². The van der Waals surface area contributed by atoms with Gasteiger partial charge in [0.2, 0.25) is 8.03 Å². The summed E-state index contributed by atoms with van der Waals surface area (Å²) in [7, 11) is -2.46. The van der Waals surface area contributed by atoms with E-state index in [9.17, 15) is 4.57 Å². The highest BCUT2D eigenvalue weighted by Crippen LogP contribution is 2.10. The monoisotopic (exact) mass is 168 g/mol. The van der Waals surface area contributed by atoms with Crippen molar-refractivity contribution in [1.29, 1.82) is 0 Å². The molecule has 0 saturated heterocycles. The average Bonchev–Trinajstić information content (AvgIpc) is 1.90. The number of rotatable bonds is 1. The molecule has 1 N–H and O–H groups in total. The second-order valence-electron chi connectivity index (χ2n) is 1.67. The molecule has 0 amide bonds. The molecule has 0 saturated carbocycles. The highest BCUT2D eigenvalue weighted by atomic mass is 31.1. The minimum atomic E-state index is -2.46. The maximum absolute atomic E-state index is 10.4. The molecule has 2 nitrogen and oxygen atoms in total. The predicted octanol–water partition coefficient (Wildman–Crippen LogP) is -0.137. The van der Waals surface area contributed by atoms with Crippen LogP contribution >= 0.6 is 8.03 Å². The van der Waals surface area contributed by atoms with Crippen molar-refractivity contribution < 1.29 is 9.46 Å². The van der Waals surface area contributed by atoms with E-state index in [2.05, 4.69) is 0 Å². The van der Waals surface area contributed by atoms with E-state index in [1.54, 1.807) is 24.3 Å². The predicted molar refractivity (Wildman–Crippen MR) is 45.8 cm³/mol. The van der Waals surface area contributed by atoms with Gasteiger partial charge in [-0.05, 0) is 12.1 Å². The minimum Gasteiger partial charge on any atom is -0.343 e. The van der Waals surface area contributed by atoms with Crippen LogP contribution in [0.3, 0.4) is 0 Å². The summed E-state index contributed by atoms with van der Waals surface area (Å²) in [5.74, 6) is 0. The van der Waals surface area contributed by atoms with Gasteiger partial charge in [0.05, 0.1) is 0 Å². The van der Waals surface area contributed by atoms with Gasteiger partial charge in [-0.15, -0.1) is 0 Å². The Labute approximate surface area is 76.3 Å². The molecule has 0 bridgehead atoms. The lowest BCUT2D eigenvalue weighted by Gasteiger charge is -1.90. The molecule has 1 unspecified atom stereocenters. The van der Waals surface area contributed by atoms with Crippen LogP contribution in [-0.4, -0.2) is 27.9 Å². The fraction of sp³-hybridized carbons (Fsp3) is 0. The van der Waals surface area contributed by atoms with Gasteiger partial charge in [-0.25, -0.2) is 0 Å². The topological polar surface area (TPSA) is 37.3 Å². The lowest BCUT2D eigenvalue weighted by Crippen LogP contribution is -1.91. The standard InChI is InChI=1S/C6H7O2P.Mg.2H/c7-9(8)6-4-2-1-3-5-6;;;/h1-5,9H,(H,7,8);;;. The van der Waals surface area contributed by atoms with Crippen molar-refractivity contribution in [2.24, 2.45) is 0 Å². The van der Waals surface area contributed by atoms with Gasteiger partial charge in [-0.3, -0.25) is 4.57 Å². The maximum atomic E-state index is 10.4. The molecule has 1 aromatic rings. The maximum Gasteiger partial charge on any atom is 0.316 e. The molecule has 52 valence electrons. The third-order valence-electron chi connectivity index (χ3n) is 1.02. The number of benzene rings is 1. The first kappa shape index (κ1) is 10.2. The number of hydrogen-bond donors (Lipinski definition) is 1. The highest BCUT2D eigenvalue weighted by Gasteiger charge is 1.92. The first-order chi connectivity index (χ1) is 4.30. The summed E-state index contributed by atoms with van der Waals surface area (Å²) in [6, 6.07) is 8.58. The van der Waals surface area contributed by atoms with Crippen molar-refractivity contribution in [2.45, 2.75) is 0 Å². The Bertz CT molecular complexity index is 212. The molecule has 1 atom stereocenters. The van der Waals surface area contributed by atoms with Crippen LogP contribution < -0.4 is 5.30 Å². The van der Waals surface area contributed by atoms with E-state index in [-0.39, 0.29) is 23.1 Å². The largest absolute Gasteiger partial charge is 0.343 e. The molecule has 0 spiro atoms. The lowest BCUT2D eigenvalue weighted by atomic mass is 10.4. The molecular weight excluding hydrogens is 159 g/mol. The first-order valence-electron chi connectivity index (χ1n) is 2.59. The molecule has 0 radical (unpaired) electrons. The van der Waals surface area contributed by atoms with Crippen molar-refractivity contribution in [3.05, 3.63) is 30.3 Å². The zero-order chi connectivity index (χ0) is 6.69. The molecule has 0 aromatic heterocycles. The van der Waals surface area contributed by atoms with E-state index in [1.807, 2.05) is 6.07 Å². The zero-order valence-electron chi connectivity index (χ0n) is 4.74. The lowest BCUT2D eigenvalue weighted by molar-refractivity contribution is 0.513. The molecule has 4 heteroatoms. The van der Waals surface area contributed by atoms with Crippen LogP contribution in [0.4, 0.5) is 0 Å². The van der Waals surface area contributed by atoms with Gasteiger partial charge in [0.25, 0.3) is 0 Å². The van der Waals surface area contributed by atoms with Crippen molar-refractivity contribution in [2.75, 3.05) is 0 Å². The normalized spacial score (nSPS) is 11.7. The Morgan fingerprint density at radius 1 is 1.20 bits per heavy atom. The summed E-state index contributed by atoms with van der Waals surface area (Å²) in [6.07, 6.45) is 0. The summed E-state index contributed by atoms with van der Waals surface area (Å²) in [5, 5.41) is 0.516. The summed E-state index contributed by atoms with van der Waals surface area (Å²) in [4.78, 5) is 8.57. The second-order valence-corrected chi connectivity index (χ2v) is 2.86. The SMILES string of the molecule is O=[PH](O)c1ccccc1.[MgH2]. The van der Waals surface area contributed by atoms with E-state index in [0.29, 0.717) is 5.30 Å². The Morgan fingerprint density at radius 2 is 1.70 bits per heavy atom. The van der Waals surface area contributed by atoms with Gasteiger partial charge < -0.3 is 4.89 Å². The van der Waals surface area contributed by atoms with Crippen LogP contribution in [-0.2, 0) is 4.57 Å². The molecule has 0 aliphatic carbocycles. The van der Waals surface area contributed by atoms with E-state index in [4.69, 9.17) is 4.89 Å². The van der Waals surface area contributed by atoms with Gasteiger partial charge in [0.1, 0.15) is 0 Å². The zero-order valence-corrected chi connectivity index (χ0v) is 5.74. The van der Waals surface area contributed by atoms with Gasteiger partial charge in [0, 0.05) is 5.30 Å². The summed E-state index contributed by atoms with van der Waals surface area (Å²) in [5.41, 5.74) is 0. The molecule has 0 aliphatic heterocycles. The van der Waals surface area contributed by atoms with Crippen molar-refractivity contribution >= 4 is 36.4 Å². The Balaban J connectivity index is 0.000000810. The van der Waals surface area contributed by atoms with Crippen molar-refractivity contribution in [1.82, 2.24) is 0 Å². The fourth-order valence-corrected chi connectivity index (χ4v) is 1.06. The van der Waals surface area contributed by atoms with E-state index in [0.717, 1.165) is 0 Å². The van der Waals surface area contributed by atoms with Crippen LogP contribution in [0.1, 0.15) is 0 Å². The van der Waals surface area contributed by atoms with Crippen LogP contribution in [0.5, 0.6) is 0 Å². The Hall–Kier alpha value is 0.176. The first-order valence-corrected chi connectivity index (χ1v) is 3.94. The fourth-order valence-electron chi connectivity index (χ4n) is 0.581. The smallest absolute Gasteiger partial charge is 0.316 e. The van der Waals surface area contributed by atoms with E-state index < -0.39 is 8.03 Å². The molecule has 1 aromatic carbocycles. The van der Waals surface area contributed by atoms with Crippen molar-refractivity contribution in [3.63, 3.8) is 0 Å². The Morgan fingerprint density at radius 3 is 2.00 bits per heavy atom. The highest BCUT2D eigenvalue weighted by molar-refractivity contribution is 7.47.